The molecule has 0 aromatic carbocycles. The Kier molecular flexibility index (Phi) is 4.17. The molecule has 1 rings (SSSR count). The lowest BCUT2D eigenvalue weighted by molar-refractivity contribution is -0.0182. The highest BCUT2D eigenvalue weighted by molar-refractivity contribution is 5.70. The molecule has 1 fully saturated rings. The molecule has 0 radical (unpaired) electrons. The van der Waals surface area contributed by atoms with Gasteiger partial charge in [-0.05, 0) is 20.8 Å². The molecule has 1 N–H and O–H groups in total. The Bertz CT molecular complexity index is 353. The minimum Gasteiger partial charge on any atom is -0.444 e. The molecule has 0 aromatic rings. The van der Waals surface area contributed by atoms with Gasteiger partial charge in [-0.25, -0.2) is 15.8 Å². The summed E-state index contributed by atoms with van der Waals surface area (Å²) in [5.74, 6) is 0. The molecule has 102 valence electrons. The number of hydrogen-bond acceptors (Lipinski definition) is 3. The molecule has 1 heterocycles. The predicted molar refractivity (Wildman–Crippen MR) is 63.7 cm³/mol. The number of hydrogen-bond donors (Lipinski definition) is 1. The van der Waals surface area contributed by atoms with E-state index in [0.717, 1.165) is 0 Å². The summed E-state index contributed by atoms with van der Waals surface area (Å²) in [6.45, 7) is 12.0. The van der Waals surface area contributed by atoms with Crippen LogP contribution in [-0.4, -0.2) is 53.1 Å². The number of aliphatic hydroxyl groups is 1. The van der Waals surface area contributed by atoms with E-state index >= 15 is 0 Å². The van der Waals surface area contributed by atoms with E-state index in [1.165, 1.54) is 4.90 Å². The molecule has 0 aliphatic carbocycles. The second-order valence-electron chi connectivity index (χ2n) is 5.53. The summed E-state index contributed by atoms with van der Waals surface area (Å²) >= 11 is 0. The van der Waals surface area contributed by atoms with Crippen LogP contribution in [0.25, 0.3) is 4.85 Å². The van der Waals surface area contributed by atoms with Crippen LogP contribution < -0.4 is 0 Å². The molecule has 1 unspecified atom stereocenters. The van der Waals surface area contributed by atoms with Crippen molar-refractivity contribution < 1.29 is 19.0 Å². The number of alkyl halides is 1. The smallest absolute Gasteiger partial charge is 0.410 e. The lowest BCUT2D eigenvalue weighted by atomic mass is 9.84. The SMILES string of the molecule is [C-]#[N+]C1(C(F)CCO)CN(C(=O)OC(C)(C)C)C1. The molecule has 0 bridgehead atoms. The van der Waals surface area contributed by atoms with Crippen LogP contribution >= 0.6 is 0 Å². The zero-order valence-corrected chi connectivity index (χ0v) is 10.9. The van der Waals surface area contributed by atoms with Gasteiger partial charge in [0.15, 0.2) is 6.17 Å². The van der Waals surface area contributed by atoms with Gasteiger partial charge in [-0.3, -0.25) is 4.90 Å². The number of likely N-dealkylation sites (tertiary alicyclic amines) is 1. The number of nitrogens with zero attached hydrogens (tertiary/aromatic N) is 2. The highest BCUT2D eigenvalue weighted by atomic mass is 19.1. The van der Waals surface area contributed by atoms with Gasteiger partial charge in [0.1, 0.15) is 18.7 Å². The minimum atomic E-state index is -1.42. The fourth-order valence-corrected chi connectivity index (χ4v) is 1.79. The highest BCUT2D eigenvalue weighted by Crippen LogP contribution is 2.33. The van der Waals surface area contributed by atoms with Gasteiger partial charge < -0.3 is 14.7 Å². The lowest BCUT2D eigenvalue weighted by Crippen LogP contribution is -2.66. The Morgan fingerprint density at radius 3 is 2.56 bits per heavy atom. The van der Waals surface area contributed by atoms with Crippen LogP contribution in [0, 0.1) is 6.57 Å². The van der Waals surface area contributed by atoms with Gasteiger partial charge in [0.05, 0.1) is 0 Å². The zero-order valence-electron chi connectivity index (χ0n) is 10.9. The molecule has 1 saturated heterocycles. The molecule has 1 aliphatic rings. The molecule has 1 atom stereocenters. The van der Waals surface area contributed by atoms with Gasteiger partial charge in [-0.1, -0.05) is 0 Å². The second kappa shape index (κ2) is 5.11. The quantitative estimate of drug-likeness (QED) is 0.783. The minimum absolute atomic E-state index is 0.0204. The van der Waals surface area contributed by atoms with E-state index in [9.17, 15) is 9.18 Å². The second-order valence-corrected chi connectivity index (χ2v) is 5.53. The van der Waals surface area contributed by atoms with Crippen molar-refractivity contribution in [2.75, 3.05) is 19.7 Å². The molecule has 0 aromatic heterocycles. The molecule has 0 spiro atoms. The average Bonchev–Trinajstić information content (AvgIpc) is 2.14. The first-order valence-corrected chi connectivity index (χ1v) is 5.85. The van der Waals surface area contributed by atoms with Crippen LogP contribution in [0.3, 0.4) is 0 Å². The standard InChI is InChI=1S/C12H19FN2O3/c1-11(2,3)18-10(17)15-7-12(8-15,14-4)9(13)5-6-16/h9,16H,5-8H2,1-3H3. The van der Waals surface area contributed by atoms with Crippen LogP contribution in [0.4, 0.5) is 9.18 Å². The largest absolute Gasteiger partial charge is 0.444 e. The summed E-state index contributed by atoms with van der Waals surface area (Å²) < 4.78 is 18.9. The Labute approximate surface area is 106 Å². The molecule has 6 heteroatoms. The fourth-order valence-electron chi connectivity index (χ4n) is 1.79. The fraction of sp³-hybridized carbons (Fsp3) is 0.833. The maximum absolute atomic E-state index is 13.7. The molecule has 1 amide bonds. The third-order valence-corrected chi connectivity index (χ3v) is 2.77. The van der Waals surface area contributed by atoms with Crippen molar-refractivity contribution in [2.45, 2.75) is 44.5 Å². The number of aliphatic hydroxyl groups excluding tert-OH is 1. The monoisotopic (exact) mass is 258 g/mol. The van der Waals surface area contributed by atoms with E-state index in [4.69, 9.17) is 16.4 Å². The van der Waals surface area contributed by atoms with E-state index in [1.807, 2.05) is 0 Å². The van der Waals surface area contributed by atoms with Crippen molar-refractivity contribution in [2.24, 2.45) is 0 Å². The molecule has 5 nitrogen and oxygen atoms in total. The summed E-state index contributed by atoms with van der Waals surface area (Å²) in [6, 6.07) is 0. The van der Waals surface area contributed by atoms with Gasteiger partial charge in [0.2, 0.25) is 0 Å². The van der Waals surface area contributed by atoms with Gasteiger partial charge in [0, 0.05) is 13.0 Å². The topological polar surface area (TPSA) is 54.1 Å². The van der Waals surface area contributed by atoms with E-state index in [0.29, 0.717) is 0 Å². The molecule has 1 aliphatic heterocycles. The van der Waals surface area contributed by atoms with Gasteiger partial charge >= 0.3 is 6.09 Å². The Morgan fingerprint density at radius 1 is 1.61 bits per heavy atom. The van der Waals surface area contributed by atoms with E-state index in [1.54, 1.807) is 20.8 Å². The summed E-state index contributed by atoms with van der Waals surface area (Å²) in [5.41, 5.74) is -1.81. The van der Waals surface area contributed by atoms with E-state index in [-0.39, 0.29) is 26.1 Å². The maximum atomic E-state index is 13.7. The normalized spacial score (nSPS) is 19.7. The summed E-state index contributed by atoms with van der Waals surface area (Å²) in [7, 11) is 0. The van der Waals surface area contributed by atoms with Crippen molar-refractivity contribution in [3.05, 3.63) is 11.4 Å². The van der Waals surface area contributed by atoms with Crippen molar-refractivity contribution in [1.82, 2.24) is 4.90 Å². The number of amides is 1. The van der Waals surface area contributed by atoms with Crippen molar-refractivity contribution in [3.63, 3.8) is 0 Å². The third kappa shape index (κ3) is 3.10. The maximum Gasteiger partial charge on any atom is 0.410 e. The van der Waals surface area contributed by atoms with E-state index in [2.05, 4.69) is 4.85 Å². The summed E-state index contributed by atoms with van der Waals surface area (Å²) in [4.78, 5) is 16.3. The first kappa shape index (κ1) is 14.7. The number of carbonyl (C=O) groups excluding carboxylic acids is 1. The van der Waals surface area contributed by atoms with Crippen molar-refractivity contribution >= 4 is 6.09 Å². The molecular weight excluding hydrogens is 239 g/mol. The lowest BCUT2D eigenvalue weighted by Gasteiger charge is -2.42. The summed E-state index contributed by atoms with van der Waals surface area (Å²) in [6.07, 6.45) is -2.03. The van der Waals surface area contributed by atoms with Gasteiger partial charge in [-0.2, -0.15) is 0 Å². The third-order valence-electron chi connectivity index (χ3n) is 2.77. The Hall–Kier alpha value is -1.35. The first-order chi connectivity index (χ1) is 8.24. The summed E-state index contributed by atoms with van der Waals surface area (Å²) in [5, 5.41) is 8.69. The molecular formula is C12H19FN2O3. The Morgan fingerprint density at radius 2 is 2.17 bits per heavy atom. The zero-order chi connectivity index (χ0) is 14.0. The van der Waals surface area contributed by atoms with Crippen LogP contribution in [-0.2, 0) is 4.74 Å². The van der Waals surface area contributed by atoms with Crippen LogP contribution in [0.5, 0.6) is 0 Å². The predicted octanol–water partition coefficient (Wildman–Crippen LogP) is 1.62. The average molecular weight is 258 g/mol. The van der Waals surface area contributed by atoms with Crippen molar-refractivity contribution in [1.29, 1.82) is 0 Å². The van der Waals surface area contributed by atoms with Crippen molar-refractivity contribution in [3.8, 4) is 0 Å². The number of carbonyl (C=O) groups is 1. The molecule has 0 saturated carbocycles. The molecule has 18 heavy (non-hydrogen) atoms. The first-order valence-electron chi connectivity index (χ1n) is 5.85. The van der Waals surface area contributed by atoms with Crippen LogP contribution in [0.1, 0.15) is 27.2 Å². The van der Waals surface area contributed by atoms with Gasteiger partial charge in [-0.15, -0.1) is 0 Å². The Balaban J connectivity index is 2.55. The van der Waals surface area contributed by atoms with Gasteiger partial charge in [0.25, 0.3) is 5.54 Å². The van der Waals surface area contributed by atoms with E-state index < -0.39 is 23.4 Å². The van der Waals surface area contributed by atoms with Crippen LogP contribution in [0.2, 0.25) is 0 Å². The number of ether oxygens (including phenoxy) is 1. The van der Waals surface area contributed by atoms with Crippen LogP contribution in [0.15, 0.2) is 0 Å². The number of rotatable bonds is 3. The number of halogens is 1. The highest BCUT2D eigenvalue weighted by Gasteiger charge is 2.58.